The first kappa shape index (κ1) is 23.9. The molecular weight excluding hydrogens is 483 g/mol. The van der Waals surface area contributed by atoms with Crippen LogP contribution in [0.25, 0.3) is 21.8 Å². The number of morpholine rings is 1. The van der Waals surface area contributed by atoms with E-state index in [1.165, 1.54) is 12.1 Å². The van der Waals surface area contributed by atoms with E-state index in [1.807, 2.05) is 17.0 Å². The number of pyridine rings is 1. The van der Waals surface area contributed by atoms with Crippen LogP contribution in [0.3, 0.4) is 0 Å². The van der Waals surface area contributed by atoms with Gasteiger partial charge in [-0.1, -0.05) is 6.07 Å². The van der Waals surface area contributed by atoms with Gasteiger partial charge in [0.15, 0.2) is 0 Å². The Labute approximate surface area is 211 Å². The maximum Gasteiger partial charge on any atom is 0.416 e. The van der Waals surface area contributed by atoms with Crippen molar-refractivity contribution in [2.75, 3.05) is 31.6 Å². The lowest BCUT2D eigenvalue weighted by Crippen LogP contribution is -2.36. The zero-order valence-corrected chi connectivity index (χ0v) is 20.1. The molecule has 0 spiro atoms. The van der Waals surface area contributed by atoms with Crippen LogP contribution in [-0.2, 0) is 30.3 Å². The number of nitrogens with one attached hydrogen (secondary N) is 2. The fourth-order valence-electron chi connectivity index (χ4n) is 5.48. The Balaban J connectivity index is 1.35. The molecule has 7 nitrogen and oxygen atoms in total. The molecule has 10 heteroatoms. The number of rotatable bonds is 4. The van der Waals surface area contributed by atoms with Crippen molar-refractivity contribution in [2.24, 2.45) is 0 Å². The molecule has 2 aliphatic rings. The van der Waals surface area contributed by atoms with Gasteiger partial charge in [0.1, 0.15) is 5.69 Å². The van der Waals surface area contributed by atoms with E-state index in [1.54, 1.807) is 6.20 Å². The molecule has 192 valence electrons. The number of ether oxygens (including phenoxy) is 1. The van der Waals surface area contributed by atoms with Crippen molar-refractivity contribution < 1.29 is 22.7 Å². The van der Waals surface area contributed by atoms with E-state index in [2.05, 4.69) is 20.5 Å². The Hall–Kier alpha value is -3.50. The first-order valence-corrected chi connectivity index (χ1v) is 12.5. The second kappa shape index (κ2) is 9.42. The van der Waals surface area contributed by atoms with Crippen LogP contribution in [-0.4, -0.2) is 52.3 Å². The van der Waals surface area contributed by atoms with Crippen LogP contribution in [0.2, 0.25) is 0 Å². The Morgan fingerprint density at radius 2 is 1.86 bits per heavy atom. The van der Waals surface area contributed by atoms with E-state index >= 15 is 0 Å². The van der Waals surface area contributed by atoms with E-state index < -0.39 is 17.6 Å². The van der Waals surface area contributed by atoms with Gasteiger partial charge in [0.05, 0.1) is 36.0 Å². The predicted molar refractivity (Wildman–Crippen MR) is 134 cm³/mol. The zero-order chi connectivity index (χ0) is 25.6. The highest BCUT2D eigenvalue weighted by Gasteiger charge is 2.34. The molecule has 2 aromatic carbocycles. The molecule has 2 N–H and O–H groups in total. The summed E-state index contributed by atoms with van der Waals surface area (Å²) < 4.78 is 47.2. The summed E-state index contributed by atoms with van der Waals surface area (Å²) in [6.07, 6.45) is 0.663. The minimum atomic E-state index is -4.54. The number of carbonyl (C=O) groups is 1. The van der Waals surface area contributed by atoms with Crippen molar-refractivity contribution in [1.82, 2.24) is 20.1 Å². The van der Waals surface area contributed by atoms with Gasteiger partial charge in [-0.15, -0.1) is 0 Å². The molecule has 1 aliphatic carbocycles. The molecule has 0 saturated carbocycles. The van der Waals surface area contributed by atoms with Crippen LogP contribution >= 0.6 is 0 Å². The van der Waals surface area contributed by atoms with Gasteiger partial charge in [0.25, 0.3) is 5.91 Å². The number of alkyl halides is 3. The molecule has 3 heterocycles. The zero-order valence-electron chi connectivity index (χ0n) is 20.1. The van der Waals surface area contributed by atoms with Crippen molar-refractivity contribution in [1.29, 1.82) is 0 Å². The van der Waals surface area contributed by atoms with Gasteiger partial charge < -0.3 is 10.1 Å². The Bertz CT molecular complexity index is 1490. The smallest absolute Gasteiger partial charge is 0.379 e. The van der Waals surface area contributed by atoms with Crippen LogP contribution in [0, 0.1) is 0 Å². The molecule has 0 bridgehead atoms. The first-order chi connectivity index (χ1) is 17.9. The number of aromatic amines is 1. The summed E-state index contributed by atoms with van der Waals surface area (Å²) in [4.78, 5) is 20.0. The standard InChI is InChI=1S/C27H26F3N5O2/c28-27(29,30)21-13-17(6-5-16(21)15-35-9-11-37-12-10-35)32-26(36)25-19-4-2-1-3-18(19)24-20-14-31-34-22(20)7-8-23(24)33-25/h5-8,13-14H,1-4,9-12,15H2,(H,31,34)(H,32,36). The number of anilines is 1. The van der Waals surface area contributed by atoms with Gasteiger partial charge in [-0.05, 0) is 66.6 Å². The number of nitrogens with zero attached hydrogens (tertiary/aromatic N) is 3. The SMILES string of the molecule is O=C(Nc1ccc(CN2CCOCC2)c(C(F)(F)F)c1)c1nc2ccc3[nH]ncc3c2c2c1CCCC2. The maximum absolute atomic E-state index is 14.0. The number of benzene rings is 2. The normalized spacial score (nSPS) is 16.7. The monoisotopic (exact) mass is 509 g/mol. The van der Waals surface area contributed by atoms with Crippen LogP contribution < -0.4 is 5.32 Å². The van der Waals surface area contributed by atoms with E-state index in [9.17, 15) is 18.0 Å². The van der Waals surface area contributed by atoms with Gasteiger partial charge in [0, 0.05) is 36.1 Å². The van der Waals surface area contributed by atoms with Gasteiger partial charge in [0.2, 0.25) is 0 Å². The highest BCUT2D eigenvalue weighted by atomic mass is 19.4. The van der Waals surface area contributed by atoms with Crippen LogP contribution in [0.5, 0.6) is 0 Å². The van der Waals surface area contributed by atoms with E-state index in [-0.39, 0.29) is 23.5 Å². The summed E-state index contributed by atoms with van der Waals surface area (Å²) >= 11 is 0. The van der Waals surface area contributed by atoms with E-state index in [0.29, 0.717) is 38.2 Å². The van der Waals surface area contributed by atoms with Crippen LogP contribution in [0.4, 0.5) is 18.9 Å². The second-order valence-electron chi connectivity index (χ2n) is 9.63. The van der Waals surface area contributed by atoms with Crippen LogP contribution in [0.15, 0.2) is 36.5 Å². The molecular formula is C27H26F3N5O2. The molecule has 1 saturated heterocycles. The number of hydrogen-bond acceptors (Lipinski definition) is 5. The lowest BCUT2D eigenvalue weighted by Gasteiger charge is -2.28. The summed E-state index contributed by atoms with van der Waals surface area (Å²) in [5.41, 5.74) is 3.32. The average molecular weight is 510 g/mol. The minimum absolute atomic E-state index is 0.0970. The Morgan fingerprint density at radius 1 is 1.08 bits per heavy atom. The third-order valence-electron chi connectivity index (χ3n) is 7.28. The minimum Gasteiger partial charge on any atom is -0.379 e. The number of aryl methyl sites for hydroxylation is 1. The lowest BCUT2D eigenvalue weighted by atomic mass is 9.87. The first-order valence-electron chi connectivity index (χ1n) is 12.5. The van der Waals surface area contributed by atoms with Gasteiger partial charge in [-0.2, -0.15) is 18.3 Å². The van der Waals surface area contributed by atoms with Crippen molar-refractivity contribution in [3.63, 3.8) is 0 Å². The maximum atomic E-state index is 14.0. The summed E-state index contributed by atoms with van der Waals surface area (Å²) in [6.45, 7) is 2.35. The summed E-state index contributed by atoms with van der Waals surface area (Å²) in [7, 11) is 0. The Kier molecular flexibility index (Phi) is 6.08. The molecule has 4 aromatic rings. The molecule has 2 aromatic heterocycles. The quantitative estimate of drug-likeness (QED) is 0.400. The fraction of sp³-hybridized carbons (Fsp3) is 0.370. The highest BCUT2D eigenvalue weighted by Crippen LogP contribution is 2.36. The topological polar surface area (TPSA) is 83.1 Å². The molecule has 37 heavy (non-hydrogen) atoms. The molecule has 0 radical (unpaired) electrons. The number of carbonyl (C=O) groups excluding carboxylic acids is 1. The van der Waals surface area contributed by atoms with Crippen molar-refractivity contribution in [3.8, 4) is 0 Å². The van der Waals surface area contributed by atoms with Crippen molar-refractivity contribution in [2.45, 2.75) is 38.4 Å². The van der Waals surface area contributed by atoms with Crippen molar-refractivity contribution >= 4 is 33.4 Å². The van der Waals surface area contributed by atoms with Gasteiger partial charge >= 0.3 is 6.18 Å². The summed E-state index contributed by atoms with van der Waals surface area (Å²) in [5.74, 6) is -0.499. The summed E-state index contributed by atoms with van der Waals surface area (Å²) in [6, 6.07) is 7.73. The third-order valence-corrected chi connectivity index (χ3v) is 7.28. The number of amides is 1. The van der Waals surface area contributed by atoms with E-state index in [0.717, 1.165) is 52.7 Å². The number of hydrogen-bond donors (Lipinski definition) is 2. The third kappa shape index (κ3) is 4.55. The fourth-order valence-corrected chi connectivity index (χ4v) is 5.48. The van der Waals surface area contributed by atoms with Gasteiger partial charge in [-0.25, -0.2) is 4.98 Å². The molecule has 1 fully saturated rings. The molecule has 6 rings (SSSR count). The molecule has 0 unspecified atom stereocenters. The Morgan fingerprint density at radius 3 is 2.65 bits per heavy atom. The second-order valence-corrected chi connectivity index (χ2v) is 9.63. The van der Waals surface area contributed by atoms with Crippen molar-refractivity contribution in [3.05, 3.63) is 64.5 Å². The van der Waals surface area contributed by atoms with E-state index in [4.69, 9.17) is 4.74 Å². The number of aromatic nitrogens is 3. The highest BCUT2D eigenvalue weighted by molar-refractivity contribution is 6.11. The number of halogens is 3. The van der Waals surface area contributed by atoms with Crippen LogP contribution in [0.1, 0.15) is 45.6 Å². The lowest BCUT2D eigenvalue weighted by molar-refractivity contribution is -0.138. The molecule has 0 atom stereocenters. The predicted octanol–water partition coefficient (Wildman–Crippen LogP) is 5.09. The summed E-state index contributed by atoms with van der Waals surface area (Å²) in [5, 5.41) is 11.8. The average Bonchev–Trinajstić information content (AvgIpc) is 3.38. The molecule has 1 amide bonds. The number of H-pyrrole nitrogens is 1. The molecule has 1 aliphatic heterocycles. The van der Waals surface area contributed by atoms with Gasteiger partial charge in [-0.3, -0.25) is 14.8 Å². The largest absolute Gasteiger partial charge is 0.416 e. The number of fused-ring (bicyclic) bond motifs is 5.